The maximum atomic E-state index is 11.8. The molecule has 0 aliphatic heterocycles. The summed E-state index contributed by atoms with van der Waals surface area (Å²) in [6.07, 6.45) is -1.28. The molecule has 0 unspecified atom stereocenters. The number of esters is 5. The molecule has 0 aromatic rings. The minimum atomic E-state index is -1.42. The normalized spacial score (nSPS) is 9.79. The van der Waals surface area contributed by atoms with Gasteiger partial charge in [0.25, 0.3) is 0 Å². The minimum absolute atomic E-state index is 0.0951. The van der Waals surface area contributed by atoms with Crippen molar-refractivity contribution >= 4 is 29.8 Å². The third-order valence-corrected chi connectivity index (χ3v) is 2.84. The van der Waals surface area contributed by atoms with E-state index in [1.807, 2.05) is 0 Å². The van der Waals surface area contributed by atoms with Gasteiger partial charge in [-0.1, -0.05) is 19.7 Å². The second kappa shape index (κ2) is 12.9. The van der Waals surface area contributed by atoms with Gasteiger partial charge in [0.2, 0.25) is 0 Å². The predicted molar refractivity (Wildman–Crippen MR) is 98.2 cm³/mol. The van der Waals surface area contributed by atoms with Gasteiger partial charge in [-0.25, -0.2) is 24.0 Å². The Morgan fingerprint density at radius 3 is 1.31 bits per heavy atom. The first-order valence-electron chi connectivity index (χ1n) is 8.31. The van der Waals surface area contributed by atoms with Crippen LogP contribution in [0.25, 0.3) is 0 Å². The van der Waals surface area contributed by atoms with Crippen LogP contribution in [0.3, 0.4) is 0 Å². The molecular formula is C19H24O10. The van der Waals surface area contributed by atoms with Gasteiger partial charge in [0.05, 0.1) is 0 Å². The number of rotatable bonds is 11. The fraction of sp³-hybridized carbons (Fsp3) is 0.421. The van der Waals surface area contributed by atoms with Gasteiger partial charge in [-0.2, -0.15) is 0 Å². The lowest BCUT2D eigenvalue weighted by molar-refractivity contribution is -0.177. The van der Waals surface area contributed by atoms with E-state index in [0.29, 0.717) is 0 Å². The molecule has 0 spiro atoms. The third-order valence-electron chi connectivity index (χ3n) is 2.84. The minimum Gasteiger partial charge on any atom is -0.459 e. The molecule has 0 atom stereocenters. The van der Waals surface area contributed by atoms with Gasteiger partial charge in [0, 0.05) is 16.7 Å². The van der Waals surface area contributed by atoms with Gasteiger partial charge in [-0.15, -0.1) is 0 Å². The standard InChI is InChI=1S/C19H24O10/c1-11(2)15(20)25-7-8-26-18(23)19(24)29-14(9-27-16(21)12(3)4)10-28-17(22)13(5)6/h14H,1,3,5,7-10H2,2,4,6H3. The first-order valence-corrected chi connectivity index (χ1v) is 8.31. The Kier molecular flexibility index (Phi) is 11.3. The Hall–Kier alpha value is -3.43. The highest BCUT2D eigenvalue weighted by molar-refractivity contribution is 6.29. The molecule has 0 amide bonds. The Labute approximate surface area is 168 Å². The third kappa shape index (κ3) is 11.1. The van der Waals surface area contributed by atoms with E-state index in [4.69, 9.17) is 18.9 Å². The van der Waals surface area contributed by atoms with E-state index < -0.39 is 55.8 Å². The summed E-state index contributed by atoms with van der Waals surface area (Å²) in [6, 6.07) is 0. The lowest BCUT2D eigenvalue weighted by Gasteiger charge is -2.17. The summed E-state index contributed by atoms with van der Waals surface area (Å²) in [4.78, 5) is 57.6. The zero-order valence-electron chi connectivity index (χ0n) is 16.6. The van der Waals surface area contributed by atoms with Gasteiger partial charge < -0.3 is 23.7 Å². The summed E-state index contributed by atoms with van der Waals surface area (Å²) in [5.74, 6) is -5.00. The van der Waals surface area contributed by atoms with Crippen LogP contribution in [0.4, 0.5) is 0 Å². The van der Waals surface area contributed by atoms with Crippen LogP contribution >= 0.6 is 0 Å². The average Bonchev–Trinajstić information content (AvgIpc) is 2.65. The highest BCUT2D eigenvalue weighted by atomic mass is 16.6. The number of hydrogen-bond acceptors (Lipinski definition) is 10. The topological polar surface area (TPSA) is 132 Å². The maximum absolute atomic E-state index is 11.8. The van der Waals surface area contributed by atoms with E-state index in [-0.39, 0.29) is 23.3 Å². The van der Waals surface area contributed by atoms with Crippen LogP contribution < -0.4 is 0 Å². The van der Waals surface area contributed by atoms with Crippen LogP contribution in [0.15, 0.2) is 36.5 Å². The predicted octanol–water partition coefficient (Wildman–Crippen LogP) is 0.799. The fourth-order valence-corrected chi connectivity index (χ4v) is 1.35. The van der Waals surface area contributed by atoms with Gasteiger partial charge >= 0.3 is 29.8 Å². The van der Waals surface area contributed by atoms with Crippen molar-refractivity contribution in [3.05, 3.63) is 36.5 Å². The van der Waals surface area contributed by atoms with Crippen LogP contribution in [0.5, 0.6) is 0 Å². The molecule has 0 saturated carbocycles. The molecule has 0 saturated heterocycles. The molecule has 0 fully saturated rings. The number of carbonyl (C=O) groups is 5. The van der Waals surface area contributed by atoms with E-state index in [0.717, 1.165) is 0 Å². The maximum Gasteiger partial charge on any atom is 0.418 e. The smallest absolute Gasteiger partial charge is 0.418 e. The lowest BCUT2D eigenvalue weighted by atomic mass is 10.3. The molecule has 0 N–H and O–H groups in total. The largest absolute Gasteiger partial charge is 0.459 e. The fourth-order valence-electron chi connectivity index (χ4n) is 1.35. The Morgan fingerprint density at radius 1 is 0.586 bits per heavy atom. The van der Waals surface area contributed by atoms with Crippen LogP contribution in [0, 0.1) is 0 Å². The molecule has 160 valence electrons. The molecule has 10 nitrogen and oxygen atoms in total. The number of ether oxygens (including phenoxy) is 5. The van der Waals surface area contributed by atoms with Crippen molar-refractivity contribution in [3.8, 4) is 0 Å². The van der Waals surface area contributed by atoms with Crippen LogP contribution in [-0.2, 0) is 47.7 Å². The van der Waals surface area contributed by atoms with Gasteiger partial charge in [-0.05, 0) is 20.8 Å². The monoisotopic (exact) mass is 412 g/mol. The van der Waals surface area contributed by atoms with E-state index in [2.05, 4.69) is 24.5 Å². The first-order chi connectivity index (χ1) is 13.5. The first kappa shape index (κ1) is 25.6. The van der Waals surface area contributed by atoms with E-state index in [9.17, 15) is 24.0 Å². The van der Waals surface area contributed by atoms with E-state index in [1.54, 1.807) is 0 Å². The Balaban J connectivity index is 4.66. The molecular weight excluding hydrogens is 388 g/mol. The van der Waals surface area contributed by atoms with Crippen molar-refractivity contribution in [2.45, 2.75) is 26.9 Å². The molecule has 0 bridgehead atoms. The number of carbonyl (C=O) groups excluding carboxylic acids is 5. The quantitative estimate of drug-likeness (QED) is 0.158. The molecule has 0 rings (SSSR count). The highest BCUT2D eigenvalue weighted by Gasteiger charge is 2.25. The summed E-state index contributed by atoms with van der Waals surface area (Å²) in [6.45, 7) is 12.7. The van der Waals surface area contributed by atoms with Crippen LogP contribution in [0.2, 0.25) is 0 Å². The zero-order valence-corrected chi connectivity index (χ0v) is 16.6. The summed E-state index contributed by atoms with van der Waals surface area (Å²) >= 11 is 0. The van der Waals surface area contributed by atoms with Crippen LogP contribution in [0.1, 0.15) is 20.8 Å². The summed E-state index contributed by atoms with van der Waals surface area (Å²) in [5.41, 5.74) is 0.350. The highest BCUT2D eigenvalue weighted by Crippen LogP contribution is 2.03. The Morgan fingerprint density at radius 2 is 0.931 bits per heavy atom. The van der Waals surface area contributed by atoms with Crippen molar-refractivity contribution < 1.29 is 47.7 Å². The van der Waals surface area contributed by atoms with Crippen molar-refractivity contribution in [2.75, 3.05) is 26.4 Å². The number of hydrogen-bond donors (Lipinski definition) is 0. The molecule has 0 radical (unpaired) electrons. The van der Waals surface area contributed by atoms with Gasteiger partial charge in [0.15, 0.2) is 6.10 Å². The van der Waals surface area contributed by atoms with Crippen molar-refractivity contribution in [1.29, 1.82) is 0 Å². The molecule has 0 aromatic heterocycles. The van der Waals surface area contributed by atoms with Crippen molar-refractivity contribution in [3.63, 3.8) is 0 Å². The van der Waals surface area contributed by atoms with Gasteiger partial charge in [-0.3, -0.25) is 0 Å². The summed E-state index contributed by atoms with van der Waals surface area (Å²) in [7, 11) is 0. The molecule has 29 heavy (non-hydrogen) atoms. The zero-order chi connectivity index (χ0) is 22.6. The second-order valence-corrected chi connectivity index (χ2v) is 5.84. The summed E-state index contributed by atoms with van der Waals surface area (Å²) < 4.78 is 23.8. The summed E-state index contributed by atoms with van der Waals surface area (Å²) in [5, 5.41) is 0. The van der Waals surface area contributed by atoms with E-state index in [1.165, 1.54) is 20.8 Å². The molecule has 0 aromatic carbocycles. The van der Waals surface area contributed by atoms with Crippen molar-refractivity contribution in [2.24, 2.45) is 0 Å². The lowest BCUT2D eigenvalue weighted by Crippen LogP contribution is -2.34. The second-order valence-electron chi connectivity index (χ2n) is 5.84. The molecule has 0 heterocycles. The SMILES string of the molecule is C=C(C)C(=O)OCCOC(=O)C(=O)OC(COC(=O)C(=C)C)COC(=O)C(=C)C. The Bertz CT molecular complexity index is 674. The van der Waals surface area contributed by atoms with Gasteiger partial charge in [0.1, 0.15) is 26.4 Å². The molecule has 0 aliphatic carbocycles. The molecule has 0 aliphatic rings. The average molecular weight is 412 g/mol. The van der Waals surface area contributed by atoms with Crippen LogP contribution in [-0.4, -0.2) is 62.4 Å². The molecule has 10 heteroatoms. The van der Waals surface area contributed by atoms with E-state index >= 15 is 0 Å². The van der Waals surface area contributed by atoms with Crippen molar-refractivity contribution in [1.82, 2.24) is 0 Å².